The molecule has 9 nitrogen and oxygen atoms in total. The zero-order valence-electron chi connectivity index (χ0n) is 17.3. The van der Waals surface area contributed by atoms with Crippen molar-refractivity contribution in [1.29, 1.82) is 0 Å². The standard InChI is InChI=1S/C23H22N4O5/c1-27-12-14(10-25-27)21(22(30)24-11-20(28)29)26-23(31)32-13-19-17-8-4-2-6-15(17)16-7-3-5-9-18(16)19/h2-10,12,19,21H,11,13H2,1H3,(H,24,30)(H,26,31)(H,28,29). The van der Waals surface area contributed by atoms with E-state index in [1.807, 2.05) is 48.5 Å². The number of aliphatic carboxylic acids is 1. The second-order valence-electron chi connectivity index (χ2n) is 7.46. The molecule has 2 amide bonds. The van der Waals surface area contributed by atoms with Crippen LogP contribution >= 0.6 is 0 Å². The maximum atomic E-state index is 12.6. The minimum atomic E-state index is -1.19. The fraction of sp³-hybridized carbons (Fsp3) is 0.217. The highest BCUT2D eigenvalue weighted by Crippen LogP contribution is 2.44. The van der Waals surface area contributed by atoms with E-state index in [1.165, 1.54) is 10.9 Å². The number of hydrogen-bond acceptors (Lipinski definition) is 5. The molecule has 1 aromatic heterocycles. The van der Waals surface area contributed by atoms with Gasteiger partial charge >= 0.3 is 12.1 Å². The normalized spacial score (nSPS) is 13.0. The highest BCUT2D eigenvalue weighted by Gasteiger charge is 2.30. The zero-order chi connectivity index (χ0) is 22.7. The van der Waals surface area contributed by atoms with Crippen LogP contribution < -0.4 is 10.6 Å². The first-order valence-electron chi connectivity index (χ1n) is 10.0. The van der Waals surface area contributed by atoms with Crippen molar-refractivity contribution in [1.82, 2.24) is 20.4 Å². The van der Waals surface area contributed by atoms with Gasteiger partial charge in [-0.1, -0.05) is 48.5 Å². The zero-order valence-corrected chi connectivity index (χ0v) is 17.3. The molecule has 1 aliphatic carbocycles. The molecule has 1 heterocycles. The van der Waals surface area contributed by atoms with Crippen LogP contribution in [0.25, 0.3) is 11.1 Å². The largest absolute Gasteiger partial charge is 0.480 e. The summed E-state index contributed by atoms with van der Waals surface area (Å²) in [5.41, 5.74) is 4.77. The maximum absolute atomic E-state index is 12.6. The molecule has 1 aliphatic rings. The average molecular weight is 434 g/mol. The third-order valence-corrected chi connectivity index (χ3v) is 5.34. The number of rotatable bonds is 7. The van der Waals surface area contributed by atoms with Crippen LogP contribution in [0, 0.1) is 0 Å². The van der Waals surface area contributed by atoms with Crippen LogP contribution in [-0.2, 0) is 21.4 Å². The fourth-order valence-corrected chi connectivity index (χ4v) is 3.91. The van der Waals surface area contributed by atoms with Crippen LogP contribution in [0.15, 0.2) is 60.9 Å². The summed E-state index contributed by atoms with van der Waals surface area (Å²) in [6.07, 6.45) is 2.20. The second-order valence-corrected chi connectivity index (χ2v) is 7.46. The van der Waals surface area contributed by atoms with Crippen LogP contribution in [0.5, 0.6) is 0 Å². The first kappa shape index (κ1) is 21.1. The van der Waals surface area contributed by atoms with Crippen LogP contribution in [-0.4, -0.2) is 46.0 Å². The molecule has 0 saturated heterocycles. The Morgan fingerprint density at radius 2 is 1.72 bits per heavy atom. The number of alkyl carbamates (subject to hydrolysis) is 1. The number of fused-ring (bicyclic) bond motifs is 3. The molecule has 2 aromatic carbocycles. The fourth-order valence-electron chi connectivity index (χ4n) is 3.91. The molecule has 0 radical (unpaired) electrons. The van der Waals surface area contributed by atoms with Crippen LogP contribution in [0.3, 0.4) is 0 Å². The van der Waals surface area contributed by atoms with E-state index in [4.69, 9.17) is 9.84 Å². The predicted octanol–water partition coefficient (Wildman–Crippen LogP) is 2.20. The van der Waals surface area contributed by atoms with Gasteiger partial charge in [0.25, 0.3) is 0 Å². The Bertz CT molecular complexity index is 1130. The lowest BCUT2D eigenvalue weighted by Gasteiger charge is -2.18. The van der Waals surface area contributed by atoms with Crippen molar-refractivity contribution in [2.24, 2.45) is 7.05 Å². The molecule has 1 atom stereocenters. The van der Waals surface area contributed by atoms with Gasteiger partial charge in [-0.15, -0.1) is 0 Å². The van der Waals surface area contributed by atoms with Gasteiger partial charge in [0.1, 0.15) is 19.2 Å². The second kappa shape index (κ2) is 8.93. The van der Waals surface area contributed by atoms with Crippen molar-refractivity contribution in [2.45, 2.75) is 12.0 Å². The molecular weight excluding hydrogens is 412 g/mol. The average Bonchev–Trinajstić information content (AvgIpc) is 3.35. The summed E-state index contributed by atoms with van der Waals surface area (Å²) in [5.74, 6) is -1.98. The van der Waals surface area contributed by atoms with E-state index in [9.17, 15) is 14.4 Å². The number of hydrogen-bond donors (Lipinski definition) is 3. The molecule has 1 unspecified atom stereocenters. The van der Waals surface area contributed by atoms with E-state index in [2.05, 4.69) is 15.7 Å². The number of carbonyl (C=O) groups excluding carboxylic acids is 2. The van der Waals surface area contributed by atoms with E-state index in [0.29, 0.717) is 5.56 Å². The summed E-state index contributed by atoms with van der Waals surface area (Å²) in [5, 5.41) is 17.6. The van der Waals surface area contributed by atoms with E-state index in [0.717, 1.165) is 22.3 Å². The lowest BCUT2D eigenvalue weighted by molar-refractivity contribution is -0.138. The molecule has 164 valence electrons. The van der Waals surface area contributed by atoms with Crippen molar-refractivity contribution in [3.8, 4) is 11.1 Å². The number of nitrogens with zero attached hydrogens (tertiary/aromatic N) is 2. The van der Waals surface area contributed by atoms with Gasteiger partial charge < -0.3 is 20.5 Å². The van der Waals surface area contributed by atoms with Crippen molar-refractivity contribution in [3.05, 3.63) is 77.6 Å². The highest BCUT2D eigenvalue weighted by atomic mass is 16.5. The Kier molecular flexibility index (Phi) is 5.89. The Morgan fingerprint density at radius 3 is 2.28 bits per heavy atom. The van der Waals surface area contributed by atoms with Crippen molar-refractivity contribution in [2.75, 3.05) is 13.2 Å². The third-order valence-electron chi connectivity index (χ3n) is 5.34. The van der Waals surface area contributed by atoms with Crippen LogP contribution in [0.1, 0.15) is 28.7 Å². The Morgan fingerprint density at radius 1 is 1.09 bits per heavy atom. The quantitative estimate of drug-likeness (QED) is 0.524. The van der Waals surface area contributed by atoms with Gasteiger partial charge in [-0.3, -0.25) is 14.3 Å². The lowest BCUT2D eigenvalue weighted by atomic mass is 9.98. The molecule has 0 aliphatic heterocycles. The van der Waals surface area contributed by atoms with Crippen molar-refractivity contribution >= 4 is 18.0 Å². The van der Waals surface area contributed by atoms with Crippen molar-refractivity contribution < 1.29 is 24.2 Å². The van der Waals surface area contributed by atoms with Gasteiger partial charge in [-0.05, 0) is 22.3 Å². The van der Waals surface area contributed by atoms with E-state index in [1.54, 1.807) is 13.2 Å². The molecule has 0 bridgehead atoms. The van der Waals surface area contributed by atoms with Gasteiger partial charge in [-0.25, -0.2) is 4.79 Å². The van der Waals surface area contributed by atoms with E-state index < -0.39 is 30.6 Å². The number of amides is 2. The number of carboxylic acid groups (broad SMARTS) is 1. The molecule has 0 saturated carbocycles. The molecular formula is C23H22N4O5. The number of carbonyl (C=O) groups is 3. The minimum Gasteiger partial charge on any atom is -0.480 e. The number of ether oxygens (including phenoxy) is 1. The summed E-state index contributed by atoms with van der Waals surface area (Å²) in [4.78, 5) is 35.9. The summed E-state index contributed by atoms with van der Waals surface area (Å²) in [6, 6.07) is 14.8. The molecule has 3 N–H and O–H groups in total. The Labute approximate surface area is 184 Å². The van der Waals surface area contributed by atoms with Gasteiger partial charge in [0, 0.05) is 24.7 Å². The molecule has 9 heteroatoms. The van der Waals surface area contributed by atoms with E-state index >= 15 is 0 Å². The van der Waals surface area contributed by atoms with Gasteiger partial charge in [-0.2, -0.15) is 5.10 Å². The maximum Gasteiger partial charge on any atom is 0.408 e. The molecule has 32 heavy (non-hydrogen) atoms. The van der Waals surface area contributed by atoms with Crippen LogP contribution in [0.4, 0.5) is 4.79 Å². The van der Waals surface area contributed by atoms with E-state index in [-0.39, 0.29) is 12.5 Å². The minimum absolute atomic E-state index is 0.0936. The molecule has 3 aromatic rings. The summed E-state index contributed by atoms with van der Waals surface area (Å²) in [7, 11) is 1.67. The van der Waals surface area contributed by atoms with Crippen molar-refractivity contribution in [3.63, 3.8) is 0 Å². The summed E-state index contributed by atoms with van der Waals surface area (Å²) < 4.78 is 6.98. The topological polar surface area (TPSA) is 123 Å². The SMILES string of the molecule is Cn1cc(C(NC(=O)OCC2c3ccccc3-c3ccccc32)C(=O)NCC(=O)O)cn1. The number of carboxylic acids is 1. The number of nitrogens with one attached hydrogen (secondary N) is 2. The third kappa shape index (κ3) is 4.31. The van der Waals surface area contributed by atoms with Gasteiger partial charge in [0.05, 0.1) is 6.20 Å². The first-order chi connectivity index (χ1) is 15.4. The molecule has 0 spiro atoms. The molecule has 4 rings (SSSR count). The Balaban J connectivity index is 1.47. The van der Waals surface area contributed by atoms with Gasteiger partial charge in [0.2, 0.25) is 5.91 Å². The number of benzene rings is 2. The highest BCUT2D eigenvalue weighted by molar-refractivity contribution is 5.89. The monoisotopic (exact) mass is 434 g/mol. The number of aryl methyl sites for hydroxylation is 1. The lowest BCUT2D eigenvalue weighted by Crippen LogP contribution is -2.42. The smallest absolute Gasteiger partial charge is 0.408 e. The predicted molar refractivity (Wildman–Crippen MR) is 115 cm³/mol. The summed E-state index contributed by atoms with van der Waals surface area (Å²) in [6.45, 7) is -0.474. The molecule has 0 fully saturated rings. The number of aromatic nitrogens is 2. The van der Waals surface area contributed by atoms with Gasteiger partial charge in [0.15, 0.2) is 0 Å². The first-order valence-corrected chi connectivity index (χ1v) is 10.0. The van der Waals surface area contributed by atoms with Crippen LogP contribution in [0.2, 0.25) is 0 Å². The summed E-state index contributed by atoms with van der Waals surface area (Å²) >= 11 is 0. The Hall–Kier alpha value is -4.14.